The zero-order valence-corrected chi connectivity index (χ0v) is 14.7. The molecule has 1 aromatic heterocycles. The predicted molar refractivity (Wildman–Crippen MR) is 83.2 cm³/mol. The maximum absolute atomic E-state index is 12.0. The highest BCUT2D eigenvalue weighted by Gasteiger charge is 2.26. The number of alkyl halides is 2. The molecule has 0 saturated carbocycles. The van der Waals surface area contributed by atoms with Crippen LogP contribution in [0.2, 0.25) is 0 Å². The van der Waals surface area contributed by atoms with E-state index >= 15 is 0 Å². The third kappa shape index (κ3) is 2.40. The van der Waals surface area contributed by atoms with Gasteiger partial charge < -0.3 is 14.6 Å². The van der Waals surface area contributed by atoms with Crippen molar-refractivity contribution >= 4 is 70.5 Å². The third-order valence-corrected chi connectivity index (χ3v) is 4.35. The summed E-state index contributed by atoms with van der Waals surface area (Å²) in [5.41, 5.74) is 0.192. The number of Topliss-reactive ketones (excluding diaryl/α,β-unsaturated/α-hetero) is 1. The molecule has 1 aromatic carbocycles. The Kier molecular flexibility index (Phi) is 4.27. The second kappa shape index (κ2) is 5.50. The fourth-order valence-corrected chi connectivity index (χ4v) is 2.99. The van der Waals surface area contributed by atoms with Crippen LogP contribution in [0.1, 0.15) is 26.5 Å². The zero-order valence-electron chi connectivity index (χ0n) is 9.91. The zero-order chi connectivity index (χ0) is 15.2. The first kappa shape index (κ1) is 15.5. The van der Waals surface area contributed by atoms with Gasteiger partial charge in [-0.05, 0) is 28.9 Å². The minimum Gasteiger partial charge on any atom is -0.506 e. The molecule has 0 aliphatic heterocycles. The number of carbonyl (C=O) groups is 2. The average molecular weight is 471 g/mol. The van der Waals surface area contributed by atoms with Crippen molar-refractivity contribution in [2.24, 2.45) is 0 Å². The van der Waals surface area contributed by atoms with Gasteiger partial charge in [0, 0.05) is 0 Å². The summed E-state index contributed by atoms with van der Waals surface area (Å²) < 4.78 is 4.81. The second-order valence-electron chi connectivity index (χ2n) is 3.96. The normalized spacial score (nSPS) is 11.2. The van der Waals surface area contributed by atoms with Gasteiger partial charge in [0.1, 0.15) is 26.4 Å². The number of hydrogen-bond acceptors (Lipinski definition) is 4. The molecule has 1 heterocycles. The second-order valence-corrected chi connectivity index (χ2v) is 7.82. The maximum Gasteiger partial charge on any atom is 0.339 e. The highest BCUT2D eigenvalue weighted by molar-refractivity contribution is 9.25. The van der Waals surface area contributed by atoms with Crippen molar-refractivity contribution in [3.63, 3.8) is 0 Å². The largest absolute Gasteiger partial charge is 0.506 e. The van der Waals surface area contributed by atoms with E-state index < -0.39 is 15.5 Å². The number of hydrogen-bond donors (Lipinski definition) is 2. The molecule has 0 radical (unpaired) electrons. The number of carbonyl (C=O) groups excluding carboxylic acids is 1. The summed E-state index contributed by atoms with van der Waals surface area (Å²) in [5, 5.41) is 19.5. The van der Waals surface area contributed by atoms with E-state index in [1.807, 2.05) is 0 Å². The van der Waals surface area contributed by atoms with Crippen LogP contribution in [0.3, 0.4) is 0 Å². The van der Waals surface area contributed by atoms with E-state index in [-0.39, 0.29) is 38.1 Å². The van der Waals surface area contributed by atoms with Crippen LogP contribution in [0, 0.1) is 6.92 Å². The van der Waals surface area contributed by atoms with Crippen LogP contribution in [0.5, 0.6) is 5.75 Å². The van der Waals surface area contributed by atoms with Gasteiger partial charge in [0.15, 0.2) is 5.78 Å². The molecule has 0 saturated heterocycles. The van der Waals surface area contributed by atoms with Crippen LogP contribution in [0.15, 0.2) is 15.0 Å². The number of aromatic carboxylic acids is 1. The number of rotatable bonds is 3. The number of phenols is 1. The Bertz CT molecular complexity index is 733. The van der Waals surface area contributed by atoms with Crippen molar-refractivity contribution in [3.8, 4) is 5.75 Å². The van der Waals surface area contributed by atoms with Gasteiger partial charge in [-0.3, -0.25) is 4.79 Å². The van der Waals surface area contributed by atoms with Gasteiger partial charge in [-0.2, -0.15) is 0 Å². The van der Waals surface area contributed by atoms with Crippen molar-refractivity contribution in [2.45, 2.75) is 10.7 Å². The highest BCUT2D eigenvalue weighted by Crippen LogP contribution is 2.41. The molecule has 20 heavy (non-hydrogen) atoms. The molecule has 2 aromatic rings. The van der Waals surface area contributed by atoms with Crippen LogP contribution in [-0.4, -0.2) is 25.7 Å². The van der Waals surface area contributed by atoms with E-state index in [1.54, 1.807) is 0 Å². The van der Waals surface area contributed by atoms with Gasteiger partial charge in [-0.15, -0.1) is 0 Å². The summed E-state index contributed by atoms with van der Waals surface area (Å²) >= 11 is 9.24. The van der Waals surface area contributed by atoms with Crippen LogP contribution in [0.25, 0.3) is 11.0 Å². The van der Waals surface area contributed by atoms with Crippen LogP contribution >= 0.6 is 47.8 Å². The molecular formula is C12H7Br3O5. The minimum absolute atomic E-state index is 0.0220. The van der Waals surface area contributed by atoms with Crippen molar-refractivity contribution < 1.29 is 24.2 Å². The first-order chi connectivity index (χ1) is 9.25. The lowest BCUT2D eigenvalue weighted by Gasteiger charge is -2.07. The van der Waals surface area contributed by atoms with Crippen molar-refractivity contribution in [3.05, 3.63) is 27.4 Å². The lowest BCUT2D eigenvalue weighted by Crippen LogP contribution is -2.07. The van der Waals surface area contributed by atoms with Crippen LogP contribution in [0.4, 0.5) is 0 Å². The van der Waals surface area contributed by atoms with Gasteiger partial charge in [0.25, 0.3) is 0 Å². The Morgan fingerprint density at radius 3 is 2.45 bits per heavy atom. The van der Waals surface area contributed by atoms with Gasteiger partial charge in [0.2, 0.25) is 0 Å². The van der Waals surface area contributed by atoms with E-state index in [0.717, 1.165) is 0 Å². The topological polar surface area (TPSA) is 87.7 Å². The minimum atomic E-state index is -1.17. The molecule has 8 heteroatoms. The molecule has 106 valence electrons. The number of carboxylic acids is 1. The van der Waals surface area contributed by atoms with Crippen LogP contribution < -0.4 is 0 Å². The quantitative estimate of drug-likeness (QED) is 0.518. The molecular weight excluding hydrogens is 464 g/mol. The monoisotopic (exact) mass is 468 g/mol. The standard InChI is InChI=1S/C12H7Br3O5/c1-3-6(12(18)19)7-5(20-3)2-4(9(16)8(7)13)10(17)11(14)15/h2,11,16H,1H3,(H,18,19). The highest BCUT2D eigenvalue weighted by atomic mass is 79.9. The molecule has 0 spiro atoms. The fourth-order valence-electron chi connectivity index (χ4n) is 1.88. The molecule has 0 amide bonds. The number of aromatic hydroxyl groups is 1. The predicted octanol–water partition coefficient (Wildman–Crippen LogP) is 4.21. The smallest absolute Gasteiger partial charge is 0.339 e. The SMILES string of the molecule is Cc1oc2cc(C(=O)C(Br)Br)c(O)c(Br)c2c1C(=O)O. The van der Waals surface area contributed by atoms with Crippen molar-refractivity contribution in [1.82, 2.24) is 0 Å². The summed E-state index contributed by atoms with van der Waals surface area (Å²) in [6.45, 7) is 1.51. The number of fused-ring (bicyclic) bond motifs is 1. The molecule has 0 fully saturated rings. The summed E-state index contributed by atoms with van der Waals surface area (Å²) in [5.74, 6) is -1.70. The Labute approximate surface area is 138 Å². The number of ketones is 1. The Balaban J connectivity index is 2.85. The number of carboxylic acid groups (broad SMARTS) is 1. The molecule has 5 nitrogen and oxygen atoms in total. The number of benzene rings is 1. The number of furan rings is 1. The summed E-state index contributed by atoms with van der Waals surface area (Å²) in [6, 6.07) is 1.33. The number of aryl methyl sites for hydroxylation is 1. The van der Waals surface area contributed by atoms with Crippen LogP contribution in [-0.2, 0) is 0 Å². The van der Waals surface area contributed by atoms with Gasteiger partial charge >= 0.3 is 5.97 Å². The molecule has 0 atom stereocenters. The Morgan fingerprint density at radius 2 is 1.95 bits per heavy atom. The van der Waals surface area contributed by atoms with E-state index in [2.05, 4.69) is 47.8 Å². The summed E-state index contributed by atoms with van der Waals surface area (Å²) in [7, 11) is 0. The van der Waals surface area contributed by atoms with Crippen molar-refractivity contribution in [1.29, 1.82) is 0 Å². The lowest BCUT2D eigenvalue weighted by molar-refractivity contribution is 0.0696. The van der Waals surface area contributed by atoms with Gasteiger partial charge in [-0.1, -0.05) is 31.9 Å². The summed E-state index contributed by atoms with van der Waals surface area (Å²) in [4.78, 5) is 23.2. The molecule has 0 aliphatic rings. The first-order valence-corrected chi connectivity index (χ1v) is 7.88. The fraction of sp³-hybridized carbons (Fsp3) is 0.167. The van der Waals surface area contributed by atoms with E-state index in [9.17, 15) is 19.8 Å². The third-order valence-electron chi connectivity index (χ3n) is 2.75. The van der Waals surface area contributed by atoms with E-state index in [1.165, 1.54) is 13.0 Å². The first-order valence-electron chi connectivity index (χ1n) is 5.26. The molecule has 0 unspecified atom stereocenters. The number of halogens is 3. The average Bonchev–Trinajstić information content (AvgIpc) is 2.69. The summed E-state index contributed by atoms with van der Waals surface area (Å²) in [6.07, 6.45) is 0. The van der Waals surface area contributed by atoms with E-state index in [0.29, 0.717) is 0 Å². The Morgan fingerprint density at radius 1 is 1.35 bits per heavy atom. The van der Waals surface area contributed by atoms with Crippen molar-refractivity contribution in [2.75, 3.05) is 0 Å². The number of phenolic OH excluding ortho intramolecular Hbond substituents is 1. The molecule has 0 bridgehead atoms. The molecule has 2 rings (SSSR count). The molecule has 0 aliphatic carbocycles. The van der Waals surface area contributed by atoms with E-state index in [4.69, 9.17) is 4.42 Å². The Hall–Kier alpha value is -0.860. The lowest BCUT2D eigenvalue weighted by atomic mass is 10.1. The maximum atomic E-state index is 12.0. The van der Waals surface area contributed by atoms with Gasteiger partial charge in [0.05, 0.1) is 15.4 Å². The molecule has 2 N–H and O–H groups in total. The van der Waals surface area contributed by atoms with Gasteiger partial charge in [-0.25, -0.2) is 4.79 Å².